The zero-order valence-corrected chi connectivity index (χ0v) is 8.03. The Morgan fingerprint density at radius 1 is 1.54 bits per heavy atom. The van der Waals surface area contributed by atoms with Gasteiger partial charge < -0.3 is 9.84 Å². The third kappa shape index (κ3) is 4.30. The van der Waals surface area contributed by atoms with Crippen LogP contribution in [-0.2, 0) is 14.3 Å². The smallest absolute Gasteiger partial charge is 0.330 e. The molecule has 0 aliphatic carbocycles. The largest absolute Gasteiger partial charge is 0.478 e. The van der Waals surface area contributed by atoms with Crippen LogP contribution < -0.4 is 0 Å². The highest BCUT2D eigenvalue weighted by molar-refractivity contribution is 5.87. The molecular weight excluding hydrogens is 172 g/mol. The maximum absolute atomic E-state index is 11.0. The van der Waals surface area contributed by atoms with Crippen LogP contribution in [-0.4, -0.2) is 23.7 Å². The fourth-order valence-electron chi connectivity index (χ4n) is 0.788. The van der Waals surface area contributed by atoms with Gasteiger partial charge in [-0.05, 0) is 20.8 Å². The van der Waals surface area contributed by atoms with Crippen LogP contribution >= 0.6 is 0 Å². The van der Waals surface area contributed by atoms with Crippen LogP contribution in [0.25, 0.3) is 0 Å². The van der Waals surface area contributed by atoms with E-state index in [0.29, 0.717) is 6.61 Å². The van der Waals surface area contributed by atoms with Crippen molar-refractivity contribution in [3.63, 3.8) is 0 Å². The predicted molar refractivity (Wildman–Crippen MR) is 47.2 cm³/mol. The summed E-state index contributed by atoms with van der Waals surface area (Å²) in [6, 6.07) is 0. The molecule has 1 atom stereocenters. The van der Waals surface area contributed by atoms with Gasteiger partial charge in [-0.3, -0.25) is 4.79 Å². The molecule has 0 aliphatic heterocycles. The SMILES string of the molecule is CCOC(=O)C(C)/C=C(\C)C(=O)O. The molecule has 0 rings (SSSR count). The highest BCUT2D eigenvalue weighted by atomic mass is 16.5. The number of carbonyl (C=O) groups is 2. The Bertz CT molecular complexity index is 230. The van der Waals surface area contributed by atoms with E-state index in [1.54, 1.807) is 13.8 Å². The average molecular weight is 186 g/mol. The fourth-order valence-corrected chi connectivity index (χ4v) is 0.788. The molecule has 0 radical (unpaired) electrons. The second kappa shape index (κ2) is 5.35. The first-order valence-corrected chi connectivity index (χ1v) is 4.07. The highest BCUT2D eigenvalue weighted by Gasteiger charge is 2.12. The Balaban J connectivity index is 4.28. The summed E-state index contributed by atoms with van der Waals surface area (Å²) in [7, 11) is 0. The molecule has 4 nitrogen and oxygen atoms in total. The topological polar surface area (TPSA) is 63.6 Å². The lowest BCUT2D eigenvalue weighted by molar-refractivity contribution is -0.145. The molecule has 0 spiro atoms. The van der Waals surface area contributed by atoms with Crippen molar-refractivity contribution in [1.29, 1.82) is 0 Å². The minimum Gasteiger partial charge on any atom is -0.478 e. The summed E-state index contributed by atoms with van der Waals surface area (Å²) in [6.07, 6.45) is 1.38. The van der Waals surface area contributed by atoms with Crippen molar-refractivity contribution in [1.82, 2.24) is 0 Å². The Morgan fingerprint density at radius 2 is 2.08 bits per heavy atom. The van der Waals surface area contributed by atoms with Gasteiger partial charge >= 0.3 is 11.9 Å². The Labute approximate surface area is 77.2 Å². The lowest BCUT2D eigenvalue weighted by atomic mass is 10.1. The van der Waals surface area contributed by atoms with Crippen LogP contribution in [0.2, 0.25) is 0 Å². The van der Waals surface area contributed by atoms with Crippen molar-refractivity contribution in [2.45, 2.75) is 20.8 Å². The van der Waals surface area contributed by atoms with Crippen LogP contribution in [0.1, 0.15) is 20.8 Å². The third-order valence-electron chi connectivity index (χ3n) is 1.50. The van der Waals surface area contributed by atoms with Gasteiger partial charge in [-0.25, -0.2) is 4.79 Å². The van der Waals surface area contributed by atoms with E-state index in [-0.39, 0.29) is 5.57 Å². The van der Waals surface area contributed by atoms with E-state index in [9.17, 15) is 9.59 Å². The first kappa shape index (κ1) is 11.7. The van der Waals surface area contributed by atoms with Gasteiger partial charge in [-0.2, -0.15) is 0 Å². The van der Waals surface area contributed by atoms with Crippen LogP contribution in [0.15, 0.2) is 11.6 Å². The van der Waals surface area contributed by atoms with E-state index >= 15 is 0 Å². The quantitative estimate of drug-likeness (QED) is 0.529. The van der Waals surface area contributed by atoms with Gasteiger partial charge in [0.25, 0.3) is 0 Å². The number of carboxylic acids is 1. The van der Waals surface area contributed by atoms with Gasteiger partial charge in [0.05, 0.1) is 12.5 Å². The summed E-state index contributed by atoms with van der Waals surface area (Å²) in [5.41, 5.74) is 0.153. The molecule has 0 aromatic carbocycles. The first-order chi connectivity index (χ1) is 5.99. The number of rotatable bonds is 4. The summed E-state index contributed by atoms with van der Waals surface area (Å²) in [5, 5.41) is 8.52. The normalized spacial score (nSPS) is 13.6. The molecule has 4 heteroatoms. The standard InChI is InChI=1S/C9H14O4/c1-4-13-9(12)7(3)5-6(2)8(10)11/h5,7H,4H2,1-3H3,(H,10,11)/b6-5+. The molecule has 0 saturated heterocycles. The van der Waals surface area contributed by atoms with E-state index in [2.05, 4.69) is 0 Å². The molecule has 0 saturated carbocycles. The molecule has 0 heterocycles. The van der Waals surface area contributed by atoms with E-state index in [0.717, 1.165) is 0 Å². The molecule has 1 unspecified atom stereocenters. The molecule has 0 fully saturated rings. The monoisotopic (exact) mass is 186 g/mol. The number of carboxylic acid groups (broad SMARTS) is 1. The zero-order chi connectivity index (χ0) is 10.4. The van der Waals surface area contributed by atoms with Gasteiger partial charge in [-0.15, -0.1) is 0 Å². The molecular formula is C9H14O4. The number of ether oxygens (including phenoxy) is 1. The Kier molecular flexibility index (Phi) is 4.80. The first-order valence-electron chi connectivity index (χ1n) is 4.07. The van der Waals surface area contributed by atoms with E-state index in [1.165, 1.54) is 13.0 Å². The Hall–Kier alpha value is -1.32. The summed E-state index contributed by atoms with van der Waals surface area (Å²) >= 11 is 0. The van der Waals surface area contributed by atoms with E-state index in [4.69, 9.17) is 9.84 Å². The van der Waals surface area contributed by atoms with Crippen molar-refractivity contribution < 1.29 is 19.4 Å². The highest BCUT2D eigenvalue weighted by Crippen LogP contribution is 2.05. The van der Waals surface area contributed by atoms with E-state index in [1.807, 2.05) is 0 Å². The van der Waals surface area contributed by atoms with Crippen LogP contribution in [0, 0.1) is 5.92 Å². The van der Waals surface area contributed by atoms with Crippen molar-refractivity contribution in [2.75, 3.05) is 6.61 Å². The number of hydrogen-bond donors (Lipinski definition) is 1. The van der Waals surface area contributed by atoms with Crippen molar-refractivity contribution in [3.8, 4) is 0 Å². The van der Waals surface area contributed by atoms with Gasteiger partial charge in [0.2, 0.25) is 0 Å². The van der Waals surface area contributed by atoms with Gasteiger partial charge in [-0.1, -0.05) is 6.08 Å². The minimum absolute atomic E-state index is 0.153. The average Bonchev–Trinajstić information content (AvgIpc) is 2.04. The van der Waals surface area contributed by atoms with Crippen molar-refractivity contribution in [2.24, 2.45) is 5.92 Å². The number of aliphatic carboxylic acids is 1. The summed E-state index contributed by atoms with van der Waals surface area (Å²) in [6.45, 7) is 5.06. The van der Waals surface area contributed by atoms with Gasteiger partial charge in [0, 0.05) is 5.57 Å². The van der Waals surface area contributed by atoms with Crippen molar-refractivity contribution in [3.05, 3.63) is 11.6 Å². The lowest BCUT2D eigenvalue weighted by Crippen LogP contribution is -2.13. The predicted octanol–water partition coefficient (Wildman–Crippen LogP) is 1.22. The second-order valence-electron chi connectivity index (χ2n) is 2.70. The summed E-state index contributed by atoms with van der Waals surface area (Å²) in [5.74, 6) is -1.92. The molecule has 0 bridgehead atoms. The maximum Gasteiger partial charge on any atom is 0.330 e. The van der Waals surface area contributed by atoms with Crippen LogP contribution in [0.3, 0.4) is 0 Å². The number of carbonyl (C=O) groups excluding carboxylic acids is 1. The molecule has 0 aromatic heterocycles. The van der Waals surface area contributed by atoms with Gasteiger partial charge in [0.1, 0.15) is 0 Å². The number of esters is 1. The Morgan fingerprint density at radius 3 is 2.46 bits per heavy atom. The van der Waals surface area contributed by atoms with Gasteiger partial charge in [0.15, 0.2) is 0 Å². The molecule has 74 valence electrons. The van der Waals surface area contributed by atoms with Crippen molar-refractivity contribution >= 4 is 11.9 Å². The molecule has 0 aromatic rings. The second-order valence-corrected chi connectivity index (χ2v) is 2.70. The number of hydrogen-bond acceptors (Lipinski definition) is 3. The lowest BCUT2D eigenvalue weighted by Gasteiger charge is -2.05. The minimum atomic E-state index is -1.02. The molecule has 0 amide bonds. The van der Waals surface area contributed by atoms with Crippen LogP contribution in [0.5, 0.6) is 0 Å². The summed E-state index contributed by atoms with van der Waals surface area (Å²) in [4.78, 5) is 21.4. The third-order valence-corrected chi connectivity index (χ3v) is 1.50. The van der Waals surface area contributed by atoms with E-state index < -0.39 is 17.9 Å². The van der Waals surface area contributed by atoms with Crippen LogP contribution in [0.4, 0.5) is 0 Å². The maximum atomic E-state index is 11.0. The molecule has 1 N–H and O–H groups in total. The summed E-state index contributed by atoms with van der Waals surface area (Å²) < 4.78 is 4.71. The molecule has 0 aliphatic rings. The zero-order valence-electron chi connectivity index (χ0n) is 8.03. The molecule has 13 heavy (non-hydrogen) atoms. The fraction of sp³-hybridized carbons (Fsp3) is 0.556.